The highest BCUT2D eigenvalue weighted by atomic mass is 16.1. The van der Waals surface area contributed by atoms with E-state index in [9.17, 15) is 4.79 Å². The van der Waals surface area contributed by atoms with E-state index >= 15 is 0 Å². The molecule has 0 spiro atoms. The summed E-state index contributed by atoms with van der Waals surface area (Å²) in [6, 6.07) is 14.3. The molecule has 0 fully saturated rings. The molecule has 1 aliphatic rings. The fourth-order valence-electron chi connectivity index (χ4n) is 3.23. The molecule has 3 aromatic rings. The Bertz CT molecular complexity index is 913. The minimum Gasteiger partial charge on any atom is -0.345 e. The number of hydrogen-bond acceptors (Lipinski definition) is 3. The van der Waals surface area contributed by atoms with Crippen LogP contribution in [0.5, 0.6) is 0 Å². The first-order valence-corrected chi connectivity index (χ1v) is 8.12. The van der Waals surface area contributed by atoms with Gasteiger partial charge in [-0.05, 0) is 47.7 Å². The molecule has 0 bridgehead atoms. The number of aromatic nitrogens is 3. The smallest absolute Gasteiger partial charge is 0.251 e. The van der Waals surface area contributed by atoms with Gasteiger partial charge in [-0.15, -0.1) is 10.2 Å². The van der Waals surface area contributed by atoms with E-state index in [-0.39, 0.29) is 5.91 Å². The average Bonchev–Trinajstić information content (AvgIpc) is 3.22. The van der Waals surface area contributed by atoms with E-state index in [1.807, 2.05) is 29.7 Å². The Kier molecular flexibility index (Phi) is 3.61. The van der Waals surface area contributed by atoms with Crippen LogP contribution in [0.2, 0.25) is 0 Å². The fraction of sp³-hybridized carbons (Fsp3) is 0.211. The zero-order chi connectivity index (χ0) is 16.5. The van der Waals surface area contributed by atoms with Crippen molar-refractivity contribution in [2.45, 2.75) is 26.4 Å². The Balaban J connectivity index is 1.51. The lowest BCUT2D eigenvalue weighted by molar-refractivity contribution is 0.0949. The van der Waals surface area contributed by atoms with Gasteiger partial charge in [-0.3, -0.25) is 4.79 Å². The van der Waals surface area contributed by atoms with Crippen molar-refractivity contribution in [2.24, 2.45) is 0 Å². The zero-order valence-corrected chi connectivity index (χ0v) is 13.5. The Hall–Kier alpha value is -2.95. The molecule has 5 nitrogen and oxygen atoms in total. The summed E-state index contributed by atoms with van der Waals surface area (Å²) in [7, 11) is 0. The molecular formula is C19H18N4O. The Morgan fingerprint density at radius 3 is 2.88 bits per heavy atom. The summed E-state index contributed by atoms with van der Waals surface area (Å²) in [5, 5.41) is 10.8. The van der Waals surface area contributed by atoms with Crippen molar-refractivity contribution in [2.75, 3.05) is 0 Å². The Labute approximate surface area is 140 Å². The summed E-state index contributed by atoms with van der Waals surface area (Å²) < 4.78 is 1.92. The lowest BCUT2D eigenvalue weighted by Gasteiger charge is -2.08. The lowest BCUT2D eigenvalue weighted by Crippen LogP contribution is -2.24. The van der Waals surface area contributed by atoms with Crippen LogP contribution in [0.4, 0.5) is 0 Å². The molecule has 1 amide bonds. The highest BCUT2D eigenvalue weighted by Gasteiger charge is 2.19. The summed E-state index contributed by atoms with van der Waals surface area (Å²) in [5.41, 5.74) is 5.72. The standard InChI is InChI=1S/C19H18N4O/c1-2-23-12-21-22-18(23)11-20-19(24)14-7-8-17-15(10-14)9-13-5-3-4-6-16(13)17/h3-8,10,12H,2,9,11H2,1H3,(H,20,24). The quantitative estimate of drug-likeness (QED) is 0.629. The summed E-state index contributed by atoms with van der Waals surface area (Å²) in [6.07, 6.45) is 2.56. The number of hydrogen-bond donors (Lipinski definition) is 1. The predicted molar refractivity (Wildman–Crippen MR) is 91.6 cm³/mol. The normalized spacial score (nSPS) is 11.9. The number of fused-ring (bicyclic) bond motifs is 3. The molecule has 0 aliphatic heterocycles. The molecule has 0 saturated carbocycles. The van der Waals surface area contributed by atoms with Gasteiger partial charge in [-0.25, -0.2) is 0 Å². The number of nitrogens with zero attached hydrogens (tertiary/aromatic N) is 3. The van der Waals surface area contributed by atoms with Crippen molar-refractivity contribution in [3.63, 3.8) is 0 Å². The van der Waals surface area contributed by atoms with E-state index in [2.05, 4.69) is 39.8 Å². The van der Waals surface area contributed by atoms with Gasteiger partial charge in [0.25, 0.3) is 5.91 Å². The molecule has 0 radical (unpaired) electrons. The molecule has 1 heterocycles. The van der Waals surface area contributed by atoms with E-state index < -0.39 is 0 Å². The fourth-order valence-corrected chi connectivity index (χ4v) is 3.23. The van der Waals surface area contributed by atoms with Crippen LogP contribution < -0.4 is 5.32 Å². The SMILES string of the molecule is CCn1cnnc1CNC(=O)c1ccc2c(c1)Cc1ccccc1-2. The molecule has 24 heavy (non-hydrogen) atoms. The van der Waals surface area contributed by atoms with Gasteiger partial charge >= 0.3 is 0 Å². The number of amides is 1. The number of nitrogens with one attached hydrogen (secondary N) is 1. The number of carbonyl (C=O) groups is 1. The van der Waals surface area contributed by atoms with Gasteiger partial charge in [0.2, 0.25) is 0 Å². The van der Waals surface area contributed by atoms with Crippen molar-refractivity contribution < 1.29 is 4.79 Å². The van der Waals surface area contributed by atoms with Crippen LogP contribution in [-0.4, -0.2) is 20.7 Å². The molecule has 0 unspecified atom stereocenters. The second-order valence-corrected chi connectivity index (χ2v) is 5.92. The van der Waals surface area contributed by atoms with Crippen LogP contribution in [0.1, 0.15) is 34.2 Å². The molecule has 120 valence electrons. The van der Waals surface area contributed by atoms with Crippen LogP contribution in [0.25, 0.3) is 11.1 Å². The Morgan fingerprint density at radius 2 is 2.00 bits per heavy atom. The van der Waals surface area contributed by atoms with Crippen molar-refractivity contribution in [1.82, 2.24) is 20.1 Å². The van der Waals surface area contributed by atoms with Crippen molar-refractivity contribution >= 4 is 5.91 Å². The maximum atomic E-state index is 12.4. The molecule has 0 saturated heterocycles. The van der Waals surface area contributed by atoms with Gasteiger partial charge in [0, 0.05) is 12.1 Å². The first kappa shape index (κ1) is 14.6. The highest BCUT2D eigenvalue weighted by molar-refractivity contribution is 5.95. The molecule has 5 heteroatoms. The van der Waals surface area contributed by atoms with E-state index in [1.165, 1.54) is 22.3 Å². The highest BCUT2D eigenvalue weighted by Crippen LogP contribution is 2.36. The van der Waals surface area contributed by atoms with Gasteiger partial charge in [-0.1, -0.05) is 30.3 Å². The molecular weight excluding hydrogens is 300 g/mol. The summed E-state index contributed by atoms with van der Waals surface area (Å²) in [6.45, 7) is 3.19. The number of carbonyl (C=O) groups excluding carboxylic acids is 1. The monoisotopic (exact) mass is 318 g/mol. The second kappa shape index (κ2) is 5.92. The number of rotatable bonds is 4. The average molecular weight is 318 g/mol. The first-order chi connectivity index (χ1) is 11.8. The van der Waals surface area contributed by atoms with Crippen molar-refractivity contribution in [1.29, 1.82) is 0 Å². The molecule has 2 aromatic carbocycles. The van der Waals surface area contributed by atoms with E-state index in [4.69, 9.17) is 0 Å². The summed E-state index contributed by atoms with van der Waals surface area (Å²) in [4.78, 5) is 12.4. The predicted octanol–water partition coefficient (Wildman–Crippen LogP) is 2.80. The summed E-state index contributed by atoms with van der Waals surface area (Å²) >= 11 is 0. The number of aryl methyl sites for hydroxylation is 1. The minimum atomic E-state index is -0.0839. The zero-order valence-electron chi connectivity index (χ0n) is 13.5. The molecule has 1 aliphatic carbocycles. The third-order valence-electron chi connectivity index (χ3n) is 4.50. The van der Waals surface area contributed by atoms with Gasteiger partial charge in [0.15, 0.2) is 5.82 Å². The lowest BCUT2D eigenvalue weighted by atomic mass is 10.0. The van der Waals surface area contributed by atoms with Crippen molar-refractivity contribution in [3.8, 4) is 11.1 Å². The maximum absolute atomic E-state index is 12.4. The number of benzene rings is 2. The van der Waals surface area contributed by atoms with Gasteiger partial charge in [0.05, 0.1) is 6.54 Å². The van der Waals surface area contributed by atoms with Gasteiger partial charge in [-0.2, -0.15) is 0 Å². The second-order valence-electron chi connectivity index (χ2n) is 5.92. The van der Waals surface area contributed by atoms with Crippen LogP contribution in [0, 0.1) is 0 Å². The van der Waals surface area contributed by atoms with Crippen LogP contribution in [0.15, 0.2) is 48.8 Å². The van der Waals surface area contributed by atoms with Crippen LogP contribution in [0.3, 0.4) is 0 Å². The molecule has 1 N–H and O–H groups in total. The third kappa shape index (κ3) is 2.48. The van der Waals surface area contributed by atoms with E-state index in [0.717, 1.165) is 18.8 Å². The van der Waals surface area contributed by atoms with Crippen LogP contribution in [-0.2, 0) is 19.5 Å². The van der Waals surface area contributed by atoms with E-state index in [0.29, 0.717) is 12.1 Å². The van der Waals surface area contributed by atoms with Crippen molar-refractivity contribution in [3.05, 3.63) is 71.3 Å². The Morgan fingerprint density at radius 1 is 1.17 bits per heavy atom. The summed E-state index contributed by atoms with van der Waals surface area (Å²) in [5.74, 6) is 0.679. The molecule has 0 atom stereocenters. The van der Waals surface area contributed by atoms with Gasteiger partial charge in [0.1, 0.15) is 6.33 Å². The van der Waals surface area contributed by atoms with Crippen LogP contribution >= 0.6 is 0 Å². The molecule has 1 aromatic heterocycles. The first-order valence-electron chi connectivity index (χ1n) is 8.12. The topological polar surface area (TPSA) is 59.8 Å². The largest absolute Gasteiger partial charge is 0.345 e. The minimum absolute atomic E-state index is 0.0839. The maximum Gasteiger partial charge on any atom is 0.251 e. The third-order valence-corrected chi connectivity index (χ3v) is 4.50. The molecule has 4 rings (SSSR count). The van der Waals surface area contributed by atoms with Gasteiger partial charge < -0.3 is 9.88 Å². The van der Waals surface area contributed by atoms with E-state index in [1.54, 1.807) is 6.33 Å².